The maximum absolute atomic E-state index is 12.1. The van der Waals surface area contributed by atoms with Crippen molar-refractivity contribution in [3.63, 3.8) is 0 Å². The molecule has 6 heteroatoms. The zero-order chi connectivity index (χ0) is 18.0. The van der Waals surface area contributed by atoms with Crippen LogP contribution in [0.25, 0.3) is 11.0 Å². The van der Waals surface area contributed by atoms with Crippen molar-refractivity contribution in [2.45, 2.75) is 20.3 Å². The lowest BCUT2D eigenvalue weighted by Gasteiger charge is -2.08. The van der Waals surface area contributed by atoms with Crippen molar-refractivity contribution in [1.29, 1.82) is 0 Å². The first-order valence-electron chi connectivity index (χ1n) is 7.76. The van der Waals surface area contributed by atoms with Crippen LogP contribution >= 0.6 is 11.6 Å². The lowest BCUT2D eigenvalue weighted by molar-refractivity contribution is -0.121. The number of halogens is 1. The SMILES string of the molecule is Cc1cc2occ(CC(=O)NNC(=O)c3ccccc3Cl)c2cc1C. The van der Waals surface area contributed by atoms with Crippen LogP contribution in [0, 0.1) is 13.8 Å². The summed E-state index contributed by atoms with van der Waals surface area (Å²) in [5.41, 5.74) is 8.83. The summed E-state index contributed by atoms with van der Waals surface area (Å²) in [5.74, 6) is -0.816. The second-order valence-corrected chi connectivity index (χ2v) is 6.26. The second kappa shape index (κ2) is 6.99. The van der Waals surface area contributed by atoms with Crippen LogP contribution in [0.5, 0.6) is 0 Å². The monoisotopic (exact) mass is 356 g/mol. The normalized spacial score (nSPS) is 10.7. The molecule has 2 amide bonds. The van der Waals surface area contributed by atoms with E-state index in [0.717, 1.165) is 27.7 Å². The zero-order valence-electron chi connectivity index (χ0n) is 13.9. The lowest BCUT2D eigenvalue weighted by Crippen LogP contribution is -2.42. The Labute approximate surface area is 149 Å². The van der Waals surface area contributed by atoms with Gasteiger partial charge in [0.15, 0.2) is 0 Å². The molecule has 0 aliphatic carbocycles. The van der Waals surface area contributed by atoms with Gasteiger partial charge >= 0.3 is 0 Å². The topological polar surface area (TPSA) is 71.3 Å². The fourth-order valence-corrected chi connectivity index (χ4v) is 2.75. The fourth-order valence-electron chi connectivity index (χ4n) is 2.53. The lowest BCUT2D eigenvalue weighted by atomic mass is 10.0. The van der Waals surface area contributed by atoms with Gasteiger partial charge in [0.2, 0.25) is 5.91 Å². The molecule has 0 saturated heterocycles. The standard InChI is InChI=1S/C19H17ClN2O3/c1-11-7-15-13(10-25-17(15)8-12(11)2)9-18(23)21-22-19(24)14-5-3-4-6-16(14)20/h3-8,10H,9H2,1-2H3,(H,21,23)(H,22,24). The number of nitrogens with one attached hydrogen (secondary N) is 2. The Hall–Kier alpha value is -2.79. The molecule has 5 nitrogen and oxygen atoms in total. The number of amides is 2. The van der Waals surface area contributed by atoms with Crippen molar-refractivity contribution in [1.82, 2.24) is 10.9 Å². The minimum absolute atomic E-state index is 0.0955. The number of hydrogen-bond acceptors (Lipinski definition) is 3. The van der Waals surface area contributed by atoms with Crippen LogP contribution in [-0.4, -0.2) is 11.8 Å². The van der Waals surface area contributed by atoms with Crippen LogP contribution in [-0.2, 0) is 11.2 Å². The smallest absolute Gasteiger partial charge is 0.271 e. The molecule has 0 saturated carbocycles. The van der Waals surface area contributed by atoms with Crippen molar-refractivity contribution >= 4 is 34.4 Å². The van der Waals surface area contributed by atoms with E-state index in [-0.39, 0.29) is 12.3 Å². The third-order valence-corrected chi connectivity index (χ3v) is 4.38. The van der Waals surface area contributed by atoms with Gasteiger partial charge in [-0.1, -0.05) is 23.7 Å². The summed E-state index contributed by atoms with van der Waals surface area (Å²) in [5, 5.41) is 1.22. The average molecular weight is 357 g/mol. The minimum Gasteiger partial charge on any atom is -0.464 e. The number of fused-ring (bicyclic) bond motifs is 1. The zero-order valence-corrected chi connectivity index (χ0v) is 14.6. The van der Waals surface area contributed by atoms with Gasteiger partial charge < -0.3 is 4.42 Å². The molecule has 0 fully saturated rings. The first kappa shape index (κ1) is 17.0. The highest BCUT2D eigenvalue weighted by Crippen LogP contribution is 2.25. The Morgan fingerprint density at radius 3 is 2.56 bits per heavy atom. The third kappa shape index (κ3) is 3.67. The van der Waals surface area contributed by atoms with Gasteiger partial charge in [-0.25, -0.2) is 0 Å². The molecule has 0 unspecified atom stereocenters. The van der Waals surface area contributed by atoms with Crippen LogP contribution < -0.4 is 10.9 Å². The molecule has 0 aliphatic rings. The predicted octanol–water partition coefficient (Wildman–Crippen LogP) is 3.71. The van der Waals surface area contributed by atoms with E-state index in [1.807, 2.05) is 26.0 Å². The molecule has 0 spiro atoms. The molecular weight excluding hydrogens is 340 g/mol. The fraction of sp³-hybridized carbons (Fsp3) is 0.158. The number of benzene rings is 2. The summed E-state index contributed by atoms with van der Waals surface area (Å²) in [7, 11) is 0. The van der Waals surface area contributed by atoms with Crippen LogP contribution in [0.4, 0.5) is 0 Å². The molecule has 0 atom stereocenters. The molecule has 128 valence electrons. The largest absolute Gasteiger partial charge is 0.464 e. The molecule has 1 aromatic heterocycles. The van der Waals surface area contributed by atoms with Crippen LogP contribution in [0.2, 0.25) is 5.02 Å². The molecule has 3 aromatic rings. The minimum atomic E-state index is -0.470. The number of furan rings is 1. The Bertz CT molecular complexity index is 962. The number of carbonyl (C=O) groups is 2. The highest BCUT2D eigenvalue weighted by molar-refractivity contribution is 6.33. The van der Waals surface area contributed by atoms with Gasteiger partial charge in [0.25, 0.3) is 5.91 Å². The maximum atomic E-state index is 12.1. The van der Waals surface area contributed by atoms with E-state index in [4.69, 9.17) is 16.0 Å². The summed E-state index contributed by atoms with van der Waals surface area (Å²) in [6, 6.07) is 10.6. The molecule has 25 heavy (non-hydrogen) atoms. The second-order valence-electron chi connectivity index (χ2n) is 5.85. The van der Waals surface area contributed by atoms with E-state index in [0.29, 0.717) is 10.6 Å². The number of rotatable bonds is 3. The van der Waals surface area contributed by atoms with E-state index >= 15 is 0 Å². The van der Waals surface area contributed by atoms with E-state index in [2.05, 4.69) is 10.9 Å². The van der Waals surface area contributed by atoms with Gasteiger partial charge in [-0.15, -0.1) is 0 Å². The van der Waals surface area contributed by atoms with Crippen molar-refractivity contribution < 1.29 is 14.0 Å². The van der Waals surface area contributed by atoms with Gasteiger partial charge in [0, 0.05) is 10.9 Å². The van der Waals surface area contributed by atoms with E-state index in [1.165, 1.54) is 0 Å². The first-order valence-corrected chi connectivity index (χ1v) is 8.14. The van der Waals surface area contributed by atoms with E-state index in [1.54, 1.807) is 30.5 Å². The molecule has 2 aromatic carbocycles. The van der Waals surface area contributed by atoms with Gasteiger partial charge in [-0.05, 0) is 49.2 Å². The average Bonchev–Trinajstić information content (AvgIpc) is 2.95. The molecule has 0 radical (unpaired) electrons. The Morgan fingerprint density at radius 1 is 1.08 bits per heavy atom. The van der Waals surface area contributed by atoms with Gasteiger partial charge in [0.05, 0.1) is 23.3 Å². The highest BCUT2D eigenvalue weighted by Gasteiger charge is 2.14. The Morgan fingerprint density at radius 2 is 1.80 bits per heavy atom. The van der Waals surface area contributed by atoms with Crippen molar-refractivity contribution in [3.05, 3.63) is 69.9 Å². The summed E-state index contributed by atoms with van der Waals surface area (Å²) < 4.78 is 5.51. The summed E-state index contributed by atoms with van der Waals surface area (Å²) in [4.78, 5) is 24.2. The number of carbonyl (C=O) groups excluding carboxylic acids is 2. The molecule has 3 rings (SSSR count). The maximum Gasteiger partial charge on any atom is 0.271 e. The predicted molar refractivity (Wildman–Crippen MR) is 96.5 cm³/mol. The number of aryl methyl sites for hydroxylation is 2. The molecule has 0 aliphatic heterocycles. The third-order valence-electron chi connectivity index (χ3n) is 4.05. The Balaban J connectivity index is 1.66. The highest BCUT2D eigenvalue weighted by atomic mass is 35.5. The van der Waals surface area contributed by atoms with Crippen LogP contribution in [0.3, 0.4) is 0 Å². The van der Waals surface area contributed by atoms with E-state index in [9.17, 15) is 9.59 Å². The van der Waals surface area contributed by atoms with Gasteiger partial charge in [0.1, 0.15) is 5.58 Å². The van der Waals surface area contributed by atoms with Crippen LogP contribution in [0.1, 0.15) is 27.0 Å². The van der Waals surface area contributed by atoms with Crippen molar-refractivity contribution in [3.8, 4) is 0 Å². The van der Waals surface area contributed by atoms with Crippen molar-refractivity contribution in [2.24, 2.45) is 0 Å². The number of hydrazine groups is 1. The van der Waals surface area contributed by atoms with Gasteiger partial charge in [-0.3, -0.25) is 20.4 Å². The molecule has 1 heterocycles. The molecule has 2 N–H and O–H groups in total. The van der Waals surface area contributed by atoms with Gasteiger partial charge in [-0.2, -0.15) is 0 Å². The van der Waals surface area contributed by atoms with E-state index < -0.39 is 5.91 Å². The molecule has 0 bridgehead atoms. The Kier molecular flexibility index (Phi) is 4.76. The molecular formula is C19H17ClN2O3. The quantitative estimate of drug-likeness (QED) is 0.703. The number of hydrogen-bond donors (Lipinski definition) is 2. The summed E-state index contributed by atoms with van der Waals surface area (Å²) >= 11 is 5.96. The van der Waals surface area contributed by atoms with Crippen molar-refractivity contribution in [2.75, 3.05) is 0 Å². The first-order chi connectivity index (χ1) is 12.0. The summed E-state index contributed by atoms with van der Waals surface area (Å²) in [6.07, 6.45) is 1.66. The summed E-state index contributed by atoms with van der Waals surface area (Å²) in [6.45, 7) is 4.02. The van der Waals surface area contributed by atoms with Crippen LogP contribution in [0.15, 0.2) is 47.1 Å².